The van der Waals surface area contributed by atoms with E-state index in [4.69, 9.17) is 0 Å². The Hall–Kier alpha value is -1.62. The Morgan fingerprint density at radius 1 is 1.23 bits per heavy atom. The number of carbonyl (C=O) groups excluding carboxylic acids is 2. The van der Waals surface area contributed by atoms with Gasteiger partial charge in [0, 0.05) is 18.7 Å². The van der Waals surface area contributed by atoms with E-state index < -0.39 is 0 Å². The zero-order chi connectivity index (χ0) is 15.5. The van der Waals surface area contributed by atoms with Crippen LogP contribution in [0.25, 0.3) is 0 Å². The Kier molecular flexibility index (Phi) is 4.62. The van der Waals surface area contributed by atoms with Crippen LogP contribution in [0.4, 0.5) is 4.79 Å². The second-order valence-corrected chi connectivity index (χ2v) is 6.41. The molecule has 3 rings (SSSR count). The lowest BCUT2D eigenvalue weighted by molar-refractivity contribution is 0.0964. The van der Waals surface area contributed by atoms with E-state index in [1.54, 1.807) is 4.57 Å². The van der Waals surface area contributed by atoms with E-state index in [0.717, 1.165) is 37.1 Å². The number of hydrogen-bond donors (Lipinski definition) is 1. The summed E-state index contributed by atoms with van der Waals surface area (Å²) in [7, 11) is 0. The molecule has 2 heterocycles. The highest BCUT2D eigenvalue weighted by atomic mass is 16.2. The first-order valence-electron chi connectivity index (χ1n) is 8.42. The summed E-state index contributed by atoms with van der Waals surface area (Å²) in [4.78, 5) is 27.0. The van der Waals surface area contributed by atoms with Crippen molar-refractivity contribution < 1.29 is 9.59 Å². The summed E-state index contributed by atoms with van der Waals surface area (Å²) in [5.41, 5.74) is 2.50. The first-order valence-corrected chi connectivity index (χ1v) is 8.42. The van der Waals surface area contributed by atoms with Crippen molar-refractivity contribution in [3.63, 3.8) is 0 Å². The molecule has 0 unspecified atom stereocenters. The van der Waals surface area contributed by atoms with Crippen LogP contribution in [0.2, 0.25) is 0 Å². The van der Waals surface area contributed by atoms with Gasteiger partial charge in [-0.1, -0.05) is 0 Å². The van der Waals surface area contributed by atoms with E-state index in [9.17, 15) is 9.59 Å². The van der Waals surface area contributed by atoms with Gasteiger partial charge in [-0.3, -0.25) is 9.36 Å². The molecule has 1 N–H and O–H groups in total. The van der Waals surface area contributed by atoms with Crippen molar-refractivity contribution in [3.8, 4) is 0 Å². The number of rotatable bonds is 4. The molecule has 0 bridgehead atoms. The lowest BCUT2D eigenvalue weighted by Crippen LogP contribution is -2.34. The zero-order valence-corrected chi connectivity index (χ0v) is 13.4. The van der Waals surface area contributed by atoms with Crippen molar-refractivity contribution in [2.24, 2.45) is 0 Å². The maximum absolute atomic E-state index is 12.4. The van der Waals surface area contributed by atoms with Gasteiger partial charge in [0.15, 0.2) is 5.78 Å². The van der Waals surface area contributed by atoms with Gasteiger partial charge in [-0.05, 0) is 70.3 Å². The minimum absolute atomic E-state index is 0.0987. The molecule has 2 aliphatic rings. The van der Waals surface area contributed by atoms with Gasteiger partial charge in [-0.2, -0.15) is 0 Å². The van der Waals surface area contributed by atoms with Gasteiger partial charge in [-0.15, -0.1) is 0 Å². The van der Waals surface area contributed by atoms with Crippen LogP contribution < -0.4 is 5.32 Å². The van der Waals surface area contributed by atoms with Crippen molar-refractivity contribution in [1.29, 1.82) is 0 Å². The van der Waals surface area contributed by atoms with E-state index in [0.29, 0.717) is 18.7 Å². The van der Waals surface area contributed by atoms with Gasteiger partial charge >= 0.3 is 6.03 Å². The summed E-state index contributed by atoms with van der Waals surface area (Å²) in [6.45, 7) is 5.98. The molecule has 1 aromatic heterocycles. The maximum Gasteiger partial charge on any atom is 0.326 e. The molecule has 5 nitrogen and oxygen atoms in total. The topological polar surface area (TPSA) is 54.3 Å². The molecule has 1 fully saturated rings. The van der Waals surface area contributed by atoms with E-state index in [2.05, 4.69) is 10.2 Å². The van der Waals surface area contributed by atoms with Crippen molar-refractivity contribution in [2.45, 2.75) is 45.4 Å². The number of Topliss-reactive ketones (excluding diaryl/α,β-unsaturated/α-hetero) is 1. The molecule has 0 atom stereocenters. The Balaban J connectivity index is 1.58. The quantitative estimate of drug-likeness (QED) is 0.869. The first-order chi connectivity index (χ1) is 10.7. The molecule has 5 heteroatoms. The Morgan fingerprint density at radius 3 is 2.77 bits per heavy atom. The van der Waals surface area contributed by atoms with Crippen LogP contribution in [0.1, 0.15) is 53.8 Å². The normalized spacial score (nSPS) is 18.5. The number of aromatic nitrogens is 1. The predicted molar refractivity (Wildman–Crippen MR) is 85.5 cm³/mol. The second kappa shape index (κ2) is 6.65. The number of nitrogens with one attached hydrogen (secondary N) is 1. The third kappa shape index (κ3) is 3.09. The van der Waals surface area contributed by atoms with Gasteiger partial charge in [0.05, 0.1) is 5.69 Å². The van der Waals surface area contributed by atoms with E-state index in [1.807, 2.05) is 13.0 Å². The summed E-state index contributed by atoms with van der Waals surface area (Å²) in [6, 6.07) is 1.83. The third-order valence-electron chi connectivity index (χ3n) is 4.71. The standard InChI is InChI=1S/C17H25N3O2/c1-13-12-14-6-4-7-15(21)16(14)20(13)17(22)18-8-5-11-19-9-2-3-10-19/h12H,2-11H2,1H3,(H,18,22). The lowest BCUT2D eigenvalue weighted by atomic mass is 9.97. The summed E-state index contributed by atoms with van der Waals surface area (Å²) in [5, 5.41) is 2.97. The van der Waals surface area contributed by atoms with Crippen LogP contribution >= 0.6 is 0 Å². The number of nitrogens with zero attached hydrogens (tertiary/aromatic N) is 2. The number of hydrogen-bond acceptors (Lipinski definition) is 3. The van der Waals surface area contributed by atoms with Crippen LogP contribution in [-0.4, -0.2) is 47.5 Å². The lowest BCUT2D eigenvalue weighted by Gasteiger charge is -2.16. The highest BCUT2D eigenvalue weighted by Crippen LogP contribution is 2.24. The smallest absolute Gasteiger partial charge is 0.326 e. The zero-order valence-electron chi connectivity index (χ0n) is 13.4. The number of ketones is 1. The third-order valence-corrected chi connectivity index (χ3v) is 4.71. The summed E-state index contributed by atoms with van der Waals surface area (Å²) in [6.07, 6.45) is 5.90. The minimum atomic E-state index is -0.157. The van der Waals surface area contributed by atoms with Gasteiger partial charge in [0.2, 0.25) is 0 Å². The van der Waals surface area contributed by atoms with Crippen LogP contribution in [0.5, 0.6) is 0 Å². The fourth-order valence-corrected chi connectivity index (χ4v) is 3.60. The largest absolute Gasteiger partial charge is 0.337 e. The Morgan fingerprint density at radius 2 is 2.00 bits per heavy atom. The average molecular weight is 303 g/mol. The molecular formula is C17H25N3O2. The van der Waals surface area contributed by atoms with Gasteiger partial charge in [-0.25, -0.2) is 4.79 Å². The highest BCUT2D eigenvalue weighted by Gasteiger charge is 2.26. The van der Waals surface area contributed by atoms with E-state index >= 15 is 0 Å². The maximum atomic E-state index is 12.4. The molecule has 0 saturated carbocycles. The summed E-state index contributed by atoms with van der Waals surface area (Å²) < 4.78 is 1.58. The Bertz CT molecular complexity index is 571. The molecular weight excluding hydrogens is 278 g/mol. The summed E-state index contributed by atoms with van der Waals surface area (Å²) >= 11 is 0. The summed E-state index contributed by atoms with van der Waals surface area (Å²) in [5.74, 6) is 0.0987. The molecule has 0 aromatic carbocycles. The van der Waals surface area contributed by atoms with Crippen molar-refractivity contribution in [1.82, 2.24) is 14.8 Å². The monoisotopic (exact) mass is 303 g/mol. The van der Waals surface area contributed by atoms with E-state index in [-0.39, 0.29) is 11.8 Å². The molecule has 0 radical (unpaired) electrons. The van der Waals surface area contributed by atoms with Gasteiger partial charge in [0.25, 0.3) is 0 Å². The predicted octanol–water partition coefficient (Wildman–Crippen LogP) is 2.36. The van der Waals surface area contributed by atoms with Gasteiger partial charge < -0.3 is 10.2 Å². The van der Waals surface area contributed by atoms with Crippen molar-refractivity contribution >= 4 is 11.8 Å². The van der Waals surface area contributed by atoms with Crippen LogP contribution in [0, 0.1) is 6.92 Å². The molecule has 1 aromatic rings. The molecule has 1 aliphatic carbocycles. The van der Waals surface area contributed by atoms with Crippen LogP contribution in [-0.2, 0) is 6.42 Å². The second-order valence-electron chi connectivity index (χ2n) is 6.41. The van der Waals surface area contributed by atoms with Crippen LogP contribution in [0.15, 0.2) is 6.07 Å². The highest BCUT2D eigenvalue weighted by molar-refractivity contribution is 6.00. The van der Waals surface area contributed by atoms with Gasteiger partial charge in [0.1, 0.15) is 0 Å². The number of aryl methyl sites for hydroxylation is 2. The average Bonchev–Trinajstić information content (AvgIpc) is 3.11. The number of fused-ring (bicyclic) bond motifs is 1. The molecule has 0 spiro atoms. The fraction of sp³-hybridized carbons (Fsp3) is 0.647. The van der Waals surface area contributed by atoms with E-state index in [1.165, 1.54) is 25.9 Å². The van der Waals surface area contributed by atoms with Crippen LogP contribution in [0.3, 0.4) is 0 Å². The van der Waals surface area contributed by atoms with Crippen molar-refractivity contribution in [2.75, 3.05) is 26.2 Å². The SMILES string of the molecule is Cc1cc2c(n1C(=O)NCCCN1CCCC1)C(=O)CCC2. The molecule has 120 valence electrons. The first kappa shape index (κ1) is 15.3. The van der Waals surface area contributed by atoms with Crippen molar-refractivity contribution in [3.05, 3.63) is 23.0 Å². The molecule has 22 heavy (non-hydrogen) atoms. The minimum Gasteiger partial charge on any atom is -0.337 e. The molecule has 1 saturated heterocycles. The fourth-order valence-electron chi connectivity index (χ4n) is 3.60. The number of carbonyl (C=O) groups is 2. The molecule has 1 aliphatic heterocycles. The number of amides is 1. The Labute approximate surface area is 131 Å². The number of likely N-dealkylation sites (tertiary alicyclic amines) is 1. The molecule has 1 amide bonds.